The number of rotatable bonds is 4. The molecule has 1 heterocycles. The lowest BCUT2D eigenvalue weighted by atomic mass is 10.0. The third-order valence-corrected chi connectivity index (χ3v) is 4.11. The average Bonchev–Trinajstić information content (AvgIpc) is 2.55. The summed E-state index contributed by atoms with van der Waals surface area (Å²) in [4.78, 5) is 2.29. The third-order valence-electron chi connectivity index (χ3n) is 4.11. The molecule has 0 fully saturated rings. The first-order valence-electron chi connectivity index (χ1n) is 7.78. The van der Waals surface area contributed by atoms with Gasteiger partial charge in [-0.05, 0) is 42.7 Å². The molecule has 0 amide bonds. The SMILES string of the molecule is FC(F)(F)c1cccc(NCCN2CCCc3ccccc32)c1. The van der Waals surface area contributed by atoms with Crippen molar-refractivity contribution >= 4 is 11.4 Å². The highest BCUT2D eigenvalue weighted by atomic mass is 19.4. The quantitative estimate of drug-likeness (QED) is 0.888. The largest absolute Gasteiger partial charge is 0.416 e. The summed E-state index contributed by atoms with van der Waals surface area (Å²) in [6.45, 7) is 2.37. The van der Waals surface area contributed by atoms with Crippen molar-refractivity contribution in [1.82, 2.24) is 0 Å². The van der Waals surface area contributed by atoms with Gasteiger partial charge in [0.05, 0.1) is 5.56 Å². The molecule has 1 N–H and O–H groups in total. The van der Waals surface area contributed by atoms with Gasteiger partial charge in [-0.15, -0.1) is 0 Å². The molecule has 2 nitrogen and oxygen atoms in total. The van der Waals surface area contributed by atoms with Gasteiger partial charge in [-0.3, -0.25) is 0 Å². The smallest absolute Gasteiger partial charge is 0.383 e. The van der Waals surface area contributed by atoms with Crippen LogP contribution in [0, 0.1) is 0 Å². The summed E-state index contributed by atoms with van der Waals surface area (Å²) in [5.41, 5.74) is 2.47. The lowest BCUT2D eigenvalue weighted by molar-refractivity contribution is -0.137. The highest BCUT2D eigenvalue weighted by molar-refractivity contribution is 5.55. The van der Waals surface area contributed by atoms with Crippen molar-refractivity contribution in [2.45, 2.75) is 19.0 Å². The molecule has 0 aliphatic carbocycles. The van der Waals surface area contributed by atoms with Crippen LogP contribution >= 0.6 is 0 Å². The van der Waals surface area contributed by atoms with Gasteiger partial charge in [0.1, 0.15) is 0 Å². The van der Waals surface area contributed by atoms with Gasteiger partial charge in [-0.25, -0.2) is 0 Å². The predicted octanol–water partition coefficient (Wildman–Crippen LogP) is 4.57. The minimum absolute atomic E-state index is 0.505. The van der Waals surface area contributed by atoms with E-state index in [1.54, 1.807) is 6.07 Å². The molecular weight excluding hydrogens is 301 g/mol. The fourth-order valence-corrected chi connectivity index (χ4v) is 2.98. The molecular formula is C18H19F3N2. The van der Waals surface area contributed by atoms with Crippen LogP contribution in [0.3, 0.4) is 0 Å². The standard InChI is InChI=1S/C18H19F3N2/c19-18(20,21)15-7-3-8-16(13-15)22-10-12-23-11-4-6-14-5-1-2-9-17(14)23/h1-3,5,7-9,13,22H,4,6,10-12H2. The zero-order valence-electron chi connectivity index (χ0n) is 12.7. The van der Waals surface area contributed by atoms with Gasteiger partial charge in [-0.2, -0.15) is 13.2 Å². The zero-order chi connectivity index (χ0) is 16.3. The van der Waals surface area contributed by atoms with Crippen LogP contribution in [0.25, 0.3) is 0 Å². The van der Waals surface area contributed by atoms with Crippen LogP contribution < -0.4 is 10.2 Å². The highest BCUT2D eigenvalue weighted by Crippen LogP contribution is 2.30. The molecule has 3 rings (SSSR count). The molecule has 0 bridgehead atoms. The Labute approximate surface area is 133 Å². The Balaban J connectivity index is 1.61. The van der Waals surface area contributed by atoms with Crippen molar-refractivity contribution in [3.63, 3.8) is 0 Å². The minimum Gasteiger partial charge on any atom is -0.383 e. The number of benzene rings is 2. The van der Waals surface area contributed by atoms with E-state index in [0.29, 0.717) is 12.2 Å². The van der Waals surface area contributed by atoms with E-state index < -0.39 is 11.7 Å². The van der Waals surface area contributed by atoms with Crippen LogP contribution in [0.2, 0.25) is 0 Å². The first-order valence-corrected chi connectivity index (χ1v) is 7.78. The van der Waals surface area contributed by atoms with Gasteiger partial charge in [0.15, 0.2) is 0 Å². The van der Waals surface area contributed by atoms with E-state index in [4.69, 9.17) is 0 Å². The highest BCUT2D eigenvalue weighted by Gasteiger charge is 2.30. The Hall–Kier alpha value is -2.17. The number of aryl methyl sites for hydroxylation is 1. The van der Waals surface area contributed by atoms with Gasteiger partial charge in [-0.1, -0.05) is 24.3 Å². The fourth-order valence-electron chi connectivity index (χ4n) is 2.98. The lowest BCUT2D eigenvalue weighted by Gasteiger charge is -2.31. The molecule has 1 aliphatic rings. The second-order valence-corrected chi connectivity index (χ2v) is 5.72. The minimum atomic E-state index is -4.30. The summed E-state index contributed by atoms with van der Waals surface area (Å²) in [6, 6.07) is 13.7. The fraction of sp³-hybridized carbons (Fsp3) is 0.333. The second-order valence-electron chi connectivity index (χ2n) is 5.72. The zero-order valence-corrected chi connectivity index (χ0v) is 12.7. The van der Waals surface area contributed by atoms with E-state index in [1.807, 2.05) is 12.1 Å². The van der Waals surface area contributed by atoms with Crippen LogP contribution in [-0.2, 0) is 12.6 Å². The molecule has 5 heteroatoms. The molecule has 0 aromatic heterocycles. The Bertz CT molecular complexity index is 667. The predicted molar refractivity (Wildman–Crippen MR) is 86.9 cm³/mol. The van der Waals surface area contributed by atoms with Crippen molar-refractivity contribution in [1.29, 1.82) is 0 Å². The van der Waals surface area contributed by atoms with E-state index in [0.717, 1.165) is 38.1 Å². The van der Waals surface area contributed by atoms with Crippen molar-refractivity contribution in [2.75, 3.05) is 29.9 Å². The molecule has 1 aliphatic heterocycles. The Kier molecular flexibility index (Phi) is 4.46. The van der Waals surface area contributed by atoms with E-state index in [-0.39, 0.29) is 0 Å². The summed E-state index contributed by atoms with van der Waals surface area (Å²) in [6.07, 6.45) is -2.10. The van der Waals surface area contributed by atoms with E-state index in [2.05, 4.69) is 22.3 Å². The van der Waals surface area contributed by atoms with Gasteiger partial charge < -0.3 is 10.2 Å². The molecule has 2 aromatic carbocycles. The summed E-state index contributed by atoms with van der Waals surface area (Å²) in [5, 5.41) is 3.09. The first-order chi connectivity index (χ1) is 11.0. The maximum absolute atomic E-state index is 12.7. The van der Waals surface area contributed by atoms with Crippen LogP contribution in [-0.4, -0.2) is 19.6 Å². The molecule has 0 saturated carbocycles. The molecule has 0 saturated heterocycles. The number of halogens is 3. The van der Waals surface area contributed by atoms with Crippen molar-refractivity contribution < 1.29 is 13.2 Å². The molecule has 2 aromatic rings. The number of anilines is 2. The molecule has 0 radical (unpaired) electrons. The third kappa shape index (κ3) is 3.78. The number of hydrogen-bond acceptors (Lipinski definition) is 2. The number of para-hydroxylation sites is 1. The topological polar surface area (TPSA) is 15.3 Å². The van der Waals surface area contributed by atoms with E-state index >= 15 is 0 Å². The number of nitrogens with one attached hydrogen (secondary N) is 1. The molecule has 0 unspecified atom stereocenters. The Morgan fingerprint density at radius 2 is 1.87 bits per heavy atom. The van der Waals surface area contributed by atoms with Crippen LogP contribution in [0.1, 0.15) is 17.5 Å². The number of nitrogens with zero attached hydrogens (tertiary/aromatic N) is 1. The second kappa shape index (κ2) is 6.52. The van der Waals surface area contributed by atoms with Crippen molar-refractivity contribution in [3.05, 3.63) is 59.7 Å². The van der Waals surface area contributed by atoms with Gasteiger partial charge >= 0.3 is 6.18 Å². The summed E-state index contributed by atoms with van der Waals surface area (Å²) in [7, 11) is 0. The number of alkyl halides is 3. The van der Waals surface area contributed by atoms with Gasteiger partial charge in [0, 0.05) is 31.0 Å². The van der Waals surface area contributed by atoms with Gasteiger partial charge in [0.2, 0.25) is 0 Å². The number of hydrogen-bond donors (Lipinski definition) is 1. The van der Waals surface area contributed by atoms with Crippen LogP contribution in [0.5, 0.6) is 0 Å². The molecule has 0 atom stereocenters. The molecule has 0 spiro atoms. The van der Waals surface area contributed by atoms with Crippen LogP contribution in [0.4, 0.5) is 24.5 Å². The summed E-state index contributed by atoms with van der Waals surface area (Å²) in [5.74, 6) is 0. The lowest BCUT2D eigenvalue weighted by Crippen LogP contribution is -2.33. The maximum atomic E-state index is 12.7. The first kappa shape index (κ1) is 15.7. The Morgan fingerprint density at radius 1 is 1.04 bits per heavy atom. The Morgan fingerprint density at radius 3 is 2.70 bits per heavy atom. The van der Waals surface area contributed by atoms with Crippen molar-refractivity contribution in [2.24, 2.45) is 0 Å². The molecule has 122 valence electrons. The monoisotopic (exact) mass is 320 g/mol. The summed E-state index contributed by atoms with van der Waals surface area (Å²) < 4.78 is 38.1. The van der Waals surface area contributed by atoms with E-state index in [9.17, 15) is 13.2 Å². The maximum Gasteiger partial charge on any atom is 0.416 e. The molecule has 23 heavy (non-hydrogen) atoms. The van der Waals surface area contributed by atoms with E-state index in [1.165, 1.54) is 17.3 Å². The average molecular weight is 320 g/mol. The normalized spacial score (nSPS) is 14.5. The number of fused-ring (bicyclic) bond motifs is 1. The summed E-state index contributed by atoms with van der Waals surface area (Å²) >= 11 is 0. The van der Waals surface area contributed by atoms with Crippen molar-refractivity contribution in [3.8, 4) is 0 Å². The van der Waals surface area contributed by atoms with Crippen LogP contribution in [0.15, 0.2) is 48.5 Å². The van der Waals surface area contributed by atoms with Gasteiger partial charge in [0.25, 0.3) is 0 Å².